The second kappa shape index (κ2) is 6.86. The lowest BCUT2D eigenvalue weighted by Crippen LogP contribution is -2.15. The van der Waals surface area contributed by atoms with Crippen LogP contribution in [-0.2, 0) is 12.8 Å². The molecule has 0 radical (unpaired) electrons. The summed E-state index contributed by atoms with van der Waals surface area (Å²) in [5.74, 6) is -0.659. The lowest BCUT2D eigenvalue weighted by atomic mass is 10.1. The fourth-order valence-corrected chi connectivity index (χ4v) is 3.51. The molecule has 0 fully saturated rings. The number of benzene rings is 2. The van der Waals surface area contributed by atoms with Crippen molar-refractivity contribution in [2.45, 2.75) is 19.3 Å². The van der Waals surface area contributed by atoms with E-state index >= 15 is 0 Å². The summed E-state index contributed by atoms with van der Waals surface area (Å²) >= 11 is 6.03. The number of aromatic nitrogens is 2. The molecule has 4 rings (SSSR count). The van der Waals surface area contributed by atoms with Gasteiger partial charge in [-0.25, -0.2) is 9.07 Å². The van der Waals surface area contributed by atoms with Gasteiger partial charge in [0, 0.05) is 16.9 Å². The maximum absolute atomic E-state index is 13.2. The van der Waals surface area contributed by atoms with E-state index in [-0.39, 0.29) is 16.7 Å². The SMILES string of the molecule is N#Cc1ccc(NC(=O)c2nn(-c3ccc(F)cc3)c3c2CCC3)cc1Cl. The van der Waals surface area contributed by atoms with Crippen LogP contribution in [0.25, 0.3) is 5.69 Å². The van der Waals surface area contributed by atoms with E-state index in [1.54, 1.807) is 28.9 Å². The van der Waals surface area contributed by atoms with Gasteiger partial charge in [-0.1, -0.05) is 11.6 Å². The number of anilines is 1. The normalized spacial score (nSPS) is 12.5. The Morgan fingerprint density at radius 2 is 2.00 bits per heavy atom. The van der Waals surface area contributed by atoms with E-state index in [4.69, 9.17) is 16.9 Å². The zero-order chi connectivity index (χ0) is 19.0. The molecule has 5 nitrogen and oxygen atoms in total. The number of nitrogens with one attached hydrogen (secondary N) is 1. The maximum atomic E-state index is 13.2. The molecular weight excluding hydrogens is 367 g/mol. The molecule has 2 aromatic carbocycles. The summed E-state index contributed by atoms with van der Waals surface area (Å²) in [6.45, 7) is 0. The molecule has 1 heterocycles. The maximum Gasteiger partial charge on any atom is 0.276 e. The van der Waals surface area contributed by atoms with Crippen LogP contribution in [0.2, 0.25) is 5.02 Å². The van der Waals surface area contributed by atoms with E-state index in [0.717, 1.165) is 36.2 Å². The quantitative estimate of drug-likeness (QED) is 0.737. The molecule has 0 bridgehead atoms. The van der Waals surface area contributed by atoms with E-state index in [2.05, 4.69) is 10.4 Å². The smallest absolute Gasteiger partial charge is 0.276 e. The minimum absolute atomic E-state index is 0.275. The van der Waals surface area contributed by atoms with Crippen molar-refractivity contribution >= 4 is 23.2 Å². The fraction of sp³-hybridized carbons (Fsp3) is 0.150. The van der Waals surface area contributed by atoms with E-state index in [0.29, 0.717) is 16.9 Å². The third-order valence-corrected chi connectivity index (χ3v) is 4.88. The molecule has 0 unspecified atom stereocenters. The van der Waals surface area contributed by atoms with E-state index < -0.39 is 0 Å². The van der Waals surface area contributed by atoms with E-state index in [9.17, 15) is 9.18 Å². The highest BCUT2D eigenvalue weighted by atomic mass is 35.5. The van der Waals surface area contributed by atoms with Gasteiger partial charge < -0.3 is 5.32 Å². The van der Waals surface area contributed by atoms with Crippen molar-refractivity contribution in [3.8, 4) is 11.8 Å². The van der Waals surface area contributed by atoms with E-state index in [1.165, 1.54) is 18.2 Å². The number of hydrogen-bond acceptors (Lipinski definition) is 3. The number of amides is 1. The standard InChI is InChI=1S/C20H14ClFN4O/c21-17-10-14(7-4-12(17)11-23)24-20(27)19-16-2-1-3-18(16)26(25-19)15-8-5-13(22)6-9-15/h4-10H,1-3H2,(H,24,27). The average Bonchev–Trinajstić information content (AvgIpc) is 3.25. The van der Waals surface area contributed by atoms with Gasteiger partial charge in [0.2, 0.25) is 0 Å². The van der Waals surface area contributed by atoms with Crippen molar-refractivity contribution in [3.63, 3.8) is 0 Å². The Balaban J connectivity index is 1.67. The topological polar surface area (TPSA) is 70.7 Å². The van der Waals surface area contributed by atoms with Crippen LogP contribution in [-0.4, -0.2) is 15.7 Å². The van der Waals surface area contributed by atoms with Crippen LogP contribution in [0.4, 0.5) is 10.1 Å². The highest BCUT2D eigenvalue weighted by molar-refractivity contribution is 6.32. The van der Waals surface area contributed by atoms with Crippen molar-refractivity contribution in [1.82, 2.24) is 9.78 Å². The van der Waals surface area contributed by atoms with Crippen LogP contribution in [0.1, 0.15) is 33.7 Å². The predicted octanol–water partition coefficient (Wildman–Crippen LogP) is 4.28. The van der Waals surface area contributed by atoms with E-state index in [1.807, 2.05) is 6.07 Å². The lowest BCUT2D eigenvalue weighted by Gasteiger charge is -2.06. The number of rotatable bonds is 3. The number of hydrogen-bond donors (Lipinski definition) is 1. The van der Waals surface area contributed by atoms with Crippen molar-refractivity contribution in [2.75, 3.05) is 5.32 Å². The molecule has 7 heteroatoms. The molecule has 1 N–H and O–H groups in total. The van der Waals surface area contributed by atoms with Gasteiger partial charge in [0.25, 0.3) is 5.91 Å². The summed E-state index contributed by atoms with van der Waals surface area (Å²) in [6.07, 6.45) is 2.53. The zero-order valence-electron chi connectivity index (χ0n) is 14.2. The lowest BCUT2D eigenvalue weighted by molar-refractivity contribution is 0.102. The Morgan fingerprint density at radius 3 is 2.70 bits per heavy atom. The first-order chi connectivity index (χ1) is 13.1. The number of carbonyl (C=O) groups is 1. The number of nitriles is 1. The van der Waals surface area contributed by atoms with Crippen LogP contribution in [0.5, 0.6) is 0 Å². The van der Waals surface area contributed by atoms with Crippen molar-refractivity contribution in [1.29, 1.82) is 5.26 Å². The van der Waals surface area contributed by atoms with Crippen molar-refractivity contribution in [2.24, 2.45) is 0 Å². The van der Waals surface area contributed by atoms with Gasteiger partial charge in [0.1, 0.15) is 11.9 Å². The monoisotopic (exact) mass is 380 g/mol. The summed E-state index contributed by atoms with van der Waals surface area (Å²) in [4.78, 5) is 12.8. The Labute approximate surface area is 160 Å². The molecule has 3 aromatic rings. The minimum atomic E-state index is -0.338. The van der Waals surface area contributed by atoms with Gasteiger partial charge >= 0.3 is 0 Å². The third-order valence-electron chi connectivity index (χ3n) is 4.56. The number of fused-ring (bicyclic) bond motifs is 1. The summed E-state index contributed by atoms with van der Waals surface area (Å²) in [5.41, 5.74) is 3.80. The molecule has 0 aliphatic heterocycles. The first-order valence-electron chi connectivity index (χ1n) is 8.44. The predicted molar refractivity (Wildman–Crippen MR) is 99.7 cm³/mol. The van der Waals surface area contributed by atoms with Crippen molar-refractivity contribution in [3.05, 3.63) is 75.8 Å². The second-order valence-electron chi connectivity index (χ2n) is 6.28. The molecular formula is C20H14ClFN4O. The Morgan fingerprint density at radius 1 is 1.22 bits per heavy atom. The molecule has 1 amide bonds. The largest absolute Gasteiger partial charge is 0.321 e. The first kappa shape index (κ1) is 17.3. The summed E-state index contributed by atoms with van der Waals surface area (Å²) in [5, 5.41) is 16.5. The highest BCUT2D eigenvalue weighted by Crippen LogP contribution is 2.29. The molecule has 134 valence electrons. The molecule has 0 saturated heterocycles. The second-order valence-corrected chi connectivity index (χ2v) is 6.68. The molecule has 0 atom stereocenters. The Kier molecular flexibility index (Phi) is 4.38. The average molecular weight is 381 g/mol. The minimum Gasteiger partial charge on any atom is -0.321 e. The van der Waals surface area contributed by atoms with Crippen LogP contribution < -0.4 is 5.32 Å². The van der Waals surface area contributed by atoms with Crippen LogP contribution in [0, 0.1) is 17.1 Å². The van der Waals surface area contributed by atoms with Crippen LogP contribution in [0.3, 0.4) is 0 Å². The summed E-state index contributed by atoms with van der Waals surface area (Å²) in [6, 6.07) is 12.7. The number of nitrogens with zero attached hydrogens (tertiary/aromatic N) is 3. The summed E-state index contributed by atoms with van der Waals surface area (Å²) < 4.78 is 14.9. The first-order valence-corrected chi connectivity index (χ1v) is 8.82. The number of halogens is 2. The van der Waals surface area contributed by atoms with Crippen LogP contribution in [0.15, 0.2) is 42.5 Å². The zero-order valence-corrected chi connectivity index (χ0v) is 14.9. The number of carbonyl (C=O) groups excluding carboxylic acids is 1. The Hall–Kier alpha value is -3.17. The van der Waals surface area contributed by atoms with Gasteiger partial charge in [-0.05, 0) is 61.7 Å². The van der Waals surface area contributed by atoms with Gasteiger partial charge in [-0.3, -0.25) is 4.79 Å². The molecule has 0 spiro atoms. The van der Waals surface area contributed by atoms with Gasteiger partial charge in [-0.2, -0.15) is 10.4 Å². The molecule has 1 aliphatic rings. The Bertz CT molecular complexity index is 1080. The molecule has 0 saturated carbocycles. The van der Waals surface area contributed by atoms with Gasteiger partial charge in [-0.15, -0.1) is 0 Å². The molecule has 1 aliphatic carbocycles. The molecule has 1 aromatic heterocycles. The highest BCUT2D eigenvalue weighted by Gasteiger charge is 2.27. The molecule has 27 heavy (non-hydrogen) atoms. The van der Waals surface area contributed by atoms with Gasteiger partial charge in [0.15, 0.2) is 5.69 Å². The van der Waals surface area contributed by atoms with Crippen molar-refractivity contribution < 1.29 is 9.18 Å². The summed E-state index contributed by atoms with van der Waals surface area (Å²) in [7, 11) is 0. The fourth-order valence-electron chi connectivity index (χ4n) is 3.29. The van der Waals surface area contributed by atoms with Crippen LogP contribution >= 0.6 is 11.6 Å². The van der Waals surface area contributed by atoms with Gasteiger partial charge in [0.05, 0.1) is 16.3 Å². The third kappa shape index (κ3) is 3.18.